The van der Waals surface area contributed by atoms with E-state index in [1.54, 1.807) is 6.07 Å². The predicted molar refractivity (Wildman–Crippen MR) is 120 cm³/mol. The van der Waals surface area contributed by atoms with Gasteiger partial charge in [0.25, 0.3) is 0 Å². The maximum absolute atomic E-state index is 12.3. The number of hydrogen-bond acceptors (Lipinski definition) is 7. The number of aliphatic hydroxyl groups is 2. The molecule has 1 aliphatic rings. The van der Waals surface area contributed by atoms with Crippen LogP contribution in [0.3, 0.4) is 0 Å². The molecule has 2 rings (SSSR count). The lowest BCUT2D eigenvalue weighted by atomic mass is 9.95. The SMILES string of the molecule is COCC1=C([C@H](O)CC/C(C)=C/c2cc(I)c(O)c(OC)c2)[C@H](CO)S(=O)(=O)C1. The van der Waals surface area contributed by atoms with E-state index in [1.807, 2.05) is 41.7 Å². The van der Waals surface area contributed by atoms with Crippen LogP contribution < -0.4 is 4.74 Å². The second kappa shape index (κ2) is 10.3. The van der Waals surface area contributed by atoms with Gasteiger partial charge in [-0.15, -0.1) is 0 Å². The van der Waals surface area contributed by atoms with Gasteiger partial charge in [0.2, 0.25) is 0 Å². The number of rotatable bonds is 9. The number of hydrogen-bond donors (Lipinski definition) is 3. The highest BCUT2D eigenvalue weighted by Gasteiger charge is 2.40. The molecule has 0 bridgehead atoms. The zero-order valence-corrected chi connectivity index (χ0v) is 19.7. The van der Waals surface area contributed by atoms with Crippen LogP contribution in [0.4, 0.5) is 0 Å². The van der Waals surface area contributed by atoms with Gasteiger partial charge in [-0.05, 0) is 71.2 Å². The second-order valence-corrected chi connectivity index (χ2v) is 10.4. The number of aliphatic hydroxyl groups excluding tert-OH is 2. The Morgan fingerprint density at radius 2 is 2.07 bits per heavy atom. The van der Waals surface area contributed by atoms with Gasteiger partial charge in [0.1, 0.15) is 5.25 Å². The van der Waals surface area contributed by atoms with Crippen LogP contribution in [0.25, 0.3) is 6.08 Å². The lowest BCUT2D eigenvalue weighted by Gasteiger charge is -2.19. The third kappa shape index (κ3) is 5.72. The summed E-state index contributed by atoms with van der Waals surface area (Å²) in [5.74, 6) is 0.277. The summed E-state index contributed by atoms with van der Waals surface area (Å²) < 4.78 is 35.5. The Kier molecular flexibility index (Phi) is 8.53. The zero-order chi connectivity index (χ0) is 21.8. The first-order valence-corrected chi connectivity index (χ1v) is 11.9. The summed E-state index contributed by atoms with van der Waals surface area (Å²) in [5.41, 5.74) is 2.72. The fourth-order valence-corrected chi connectivity index (χ4v) is 6.02. The highest BCUT2D eigenvalue weighted by Crippen LogP contribution is 2.34. The van der Waals surface area contributed by atoms with Gasteiger partial charge in [-0.3, -0.25) is 0 Å². The fraction of sp³-hybridized carbons (Fsp3) is 0.500. The molecular formula is C20H27IO7S. The van der Waals surface area contributed by atoms with E-state index in [-0.39, 0.29) is 18.1 Å². The van der Waals surface area contributed by atoms with E-state index < -0.39 is 27.8 Å². The molecule has 162 valence electrons. The van der Waals surface area contributed by atoms with Crippen molar-refractivity contribution in [1.29, 1.82) is 0 Å². The van der Waals surface area contributed by atoms with Crippen LogP contribution in [0.1, 0.15) is 25.3 Å². The molecule has 0 radical (unpaired) electrons. The molecule has 0 unspecified atom stereocenters. The van der Waals surface area contributed by atoms with Crippen molar-refractivity contribution in [3.63, 3.8) is 0 Å². The van der Waals surface area contributed by atoms with Crippen LogP contribution in [0, 0.1) is 3.57 Å². The Labute approximate surface area is 185 Å². The third-order valence-corrected chi connectivity index (χ3v) is 7.75. The van der Waals surface area contributed by atoms with E-state index in [9.17, 15) is 23.7 Å². The van der Waals surface area contributed by atoms with Crippen molar-refractivity contribution >= 4 is 38.5 Å². The van der Waals surface area contributed by atoms with E-state index in [1.165, 1.54) is 14.2 Å². The van der Waals surface area contributed by atoms with E-state index in [0.29, 0.717) is 33.3 Å². The number of halogens is 1. The molecule has 0 saturated carbocycles. The lowest BCUT2D eigenvalue weighted by molar-refractivity contribution is 0.182. The standard InChI is InChI=1S/C20H27IO7S/c1-12(6-13-7-15(21)20(24)17(8-13)28-3)4-5-16(23)19-14(10-27-2)11-29(25,26)18(19)9-22/h6-8,16,18,22-24H,4-5,9-11H2,1-3H3/b12-6+/t16-,18+/m1/s1. The summed E-state index contributed by atoms with van der Waals surface area (Å²) in [5, 5.41) is 29.1. The average Bonchev–Trinajstić information content (AvgIpc) is 2.92. The molecule has 1 aliphatic heterocycles. The Hall–Kier alpha value is -1.14. The molecule has 7 nitrogen and oxygen atoms in total. The number of ether oxygens (including phenoxy) is 2. The highest BCUT2D eigenvalue weighted by molar-refractivity contribution is 14.1. The summed E-state index contributed by atoms with van der Waals surface area (Å²) in [4.78, 5) is 0. The van der Waals surface area contributed by atoms with Crippen LogP contribution in [-0.4, -0.2) is 68.3 Å². The summed E-state index contributed by atoms with van der Waals surface area (Å²) in [6, 6.07) is 3.55. The van der Waals surface area contributed by atoms with Crippen molar-refractivity contribution in [2.75, 3.05) is 33.2 Å². The first-order valence-electron chi connectivity index (χ1n) is 9.09. The molecule has 9 heteroatoms. The molecule has 0 spiro atoms. The quantitative estimate of drug-likeness (QED) is 0.327. The summed E-state index contributed by atoms with van der Waals surface area (Å²) in [6.45, 7) is 1.48. The van der Waals surface area contributed by atoms with Gasteiger partial charge in [-0.25, -0.2) is 8.42 Å². The molecule has 0 saturated heterocycles. The van der Waals surface area contributed by atoms with Crippen LogP contribution >= 0.6 is 22.6 Å². The molecule has 1 heterocycles. The van der Waals surface area contributed by atoms with Gasteiger partial charge in [0.15, 0.2) is 21.3 Å². The Morgan fingerprint density at radius 1 is 1.38 bits per heavy atom. The molecule has 0 aromatic heterocycles. The van der Waals surface area contributed by atoms with Crippen LogP contribution in [-0.2, 0) is 14.6 Å². The number of phenols is 1. The Bertz CT molecular complexity index is 906. The van der Waals surface area contributed by atoms with E-state index in [4.69, 9.17) is 9.47 Å². The van der Waals surface area contributed by atoms with E-state index >= 15 is 0 Å². The summed E-state index contributed by atoms with van der Waals surface area (Å²) in [7, 11) is -0.569. The molecule has 0 amide bonds. The topological polar surface area (TPSA) is 113 Å². The lowest BCUT2D eigenvalue weighted by Crippen LogP contribution is -2.29. The Morgan fingerprint density at radius 3 is 2.66 bits per heavy atom. The largest absolute Gasteiger partial charge is 0.504 e. The number of aromatic hydroxyl groups is 1. The first kappa shape index (κ1) is 24.1. The minimum absolute atomic E-state index is 0.0911. The second-order valence-electron chi connectivity index (χ2n) is 7.07. The van der Waals surface area contributed by atoms with E-state index in [2.05, 4.69) is 0 Å². The summed E-state index contributed by atoms with van der Waals surface area (Å²) in [6.07, 6.45) is 1.80. The summed E-state index contributed by atoms with van der Waals surface area (Å²) >= 11 is 2.03. The number of methoxy groups -OCH3 is 2. The van der Waals surface area contributed by atoms with E-state index in [0.717, 1.165) is 11.1 Å². The Balaban J connectivity index is 2.16. The van der Waals surface area contributed by atoms with Gasteiger partial charge in [0.05, 0.1) is 35.8 Å². The molecule has 29 heavy (non-hydrogen) atoms. The smallest absolute Gasteiger partial charge is 0.171 e. The van der Waals surface area contributed by atoms with Crippen molar-refractivity contribution < 1.29 is 33.2 Å². The van der Waals surface area contributed by atoms with Gasteiger partial charge in [0, 0.05) is 7.11 Å². The van der Waals surface area contributed by atoms with Crippen molar-refractivity contribution in [3.8, 4) is 11.5 Å². The average molecular weight is 538 g/mol. The maximum Gasteiger partial charge on any atom is 0.171 e. The van der Waals surface area contributed by atoms with Gasteiger partial charge < -0.3 is 24.8 Å². The monoisotopic (exact) mass is 538 g/mol. The predicted octanol–water partition coefficient (Wildman–Crippen LogP) is 2.28. The van der Waals surface area contributed by atoms with Crippen molar-refractivity contribution in [2.24, 2.45) is 0 Å². The van der Waals surface area contributed by atoms with Crippen molar-refractivity contribution in [3.05, 3.63) is 38.0 Å². The van der Waals surface area contributed by atoms with Crippen LogP contribution in [0.15, 0.2) is 28.9 Å². The van der Waals surface area contributed by atoms with Crippen molar-refractivity contribution in [2.45, 2.75) is 31.1 Å². The normalized spacial score (nSPS) is 20.2. The minimum Gasteiger partial charge on any atom is -0.504 e. The van der Waals surface area contributed by atoms with Gasteiger partial charge >= 0.3 is 0 Å². The van der Waals surface area contributed by atoms with Crippen molar-refractivity contribution in [1.82, 2.24) is 0 Å². The molecule has 1 aromatic carbocycles. The number of phenolic OH excluding ortho intramolecular Hbond substituents is 1. The molecule has 0 fully saturated rings. The number of benzene rings is 1. The third-order valence-electron chi connectivity index (χ3n) is 4.90. The minimum atomic E-state index is -3.52. The highest BCUT2D eigenvalue weighted by atomic mass is 127. The van der Waals surface area contributed by atoms with Gasteiger partial charge in [-0.2, -0.15) is 0 Å². The molecule has 0 aliphatic carbocycles. The molecule has 3 N–H and O–H groups in total. The van der Waals surface area contributed by atoms with Crippen LogP contribution in [0.5, 0.6) is 11.5 Å². The molecule has 2 atom stereocenters. The maximum atomic E-state index is 12.3. The number of sulfone groups is 1. The number of allylic oxidation sites excluding steroid dienone is 1. The van der Waals surface area contributed by atoms with Gasteiger partial charge in [-0.1, -0.05) is 11.6 Å². The van der Waals surface area contributed by atoms with Crippen LogP contribution in [0.2, 0.25) is 0 Å². The molecular weight excluding hydrogens is 511 g/mol. The fourth-order valence-electron chi connectivity index (χ4n) is 3.52. The molecule has 1 aromatic rings. The first-order chi connectivity index (χ1) is 13.6. The zero-order valence-electron chi connectivity index (χ0n) is 16.7.